The average molecular weight is 330 g/mol. The van der Waals surface area contributed by atoms with Crippen LogP contribution in [0.1, 0.15) is 31.0 Å². The van der Waals surface area contributed by atoms with E-state index in [-0.39, 0.29) is 18.4 Å². The van der Waals surface area contributed by atoms with E-state index in [1.807, 2.05) is 31.2 Å². The zero-order chi connectivity index (χ0) is 17.6. The first-order chi connectivity index (χ1) is 11.3. The number of carbonyl (C=O) groups excluding carboxylic acids is 3. The SMILES string of the molecule is CCOC(=O)[C@@]1(C)N[C@@H](c2ccccc2C)[C@H]2C(=O)N(C)C(=O)[C@@H]21. The van der Waals surface area contributed by atoms with Crippen LogP contribution in [0.25, 0.3) is 0 Å². The smallest absolute Gasteiger partial charge is 0.326 e. The van der Waals surface area contributed by atoms with Crippen LogP contribution in [0.3, 0.4) is 0 Å². The van der Waals surface area contributed by atoms with Crippen molar-refractivity contribution >= 4 is 17.8 Å². The normalized spacial score (nSPS) is 32.2. The number of hydrogen-bond donors (Lipinski definition) is 1. The second kappa shape index (κ2) is 5.70. The van der Waals surface area contributed by atoms with E-state index in [1.165, 1.54) is 7.05 Å². The predicted molar refractivity (Wildman–Crippen MR) is 86.9 cm³/mol. The van der Waals surface area contributed by atoms with Crippen molar-refractivity contribution in [3.63, 3.8) is 0 Å². The first kappa shape index (κ1) is 16.6. The molecule has 2 amide bonds. The molecule has 1 aromatic carbocycles. The molecule has 24 heavy (non-hydrogen) atoms. The van der Waals surface area contributed by atoms with Gasteiger partial charge >= 0.3 is 5.97 Å². The molecule has 2 fully saturated rings. The van der Waals surface area contributed by atoms with Crippen molar-refractivity contribution in [3.05, 3.63) is 35.4 Å². The molecule has 0 unspecified atom stereocenters. The van der Waals surface area contributed by atoms with Crippen LogP contribution in [0, 0.1) is 18.8 Å². The van der Waals surface area contributed by atoms with E-state index < -0.39 is 29.4 Å². The summed E-state index contributed by atoms with van der Waals surface area (Å²) in [5.74, 6) is -2.42. The van der Waals surface area contributed by atoms with Crippen LogP contribution in [0.15, 0.2) is 24.3 Å². The molecule has 2 saturated heterocycles. The lowest BCUT2D eigenvalue weighted by atomic mass is 9.80. The van der Waals surface area contributed by atoms with Gasteiger partial charge in [-0.15, -0.1) is 0 Å². The Kier molecular flexibility index (Phi) is 3.95. The molecule has 0 saturated carbocycles. The van der Waals surface area contributed by atoms with Crippen molar-refractivity contribution in [1.82, 2.24) is 10.2 Å². The molecule has 1 aromatic rings. The number of nitrogens with one attached hydrogen (secondary N) is 1. The number of rotatable bonds is 3. The molecule has 2 aliphatic heterocycles. The van der Waals surface area contributed by atoms with Gasteiger partial charge in [-0.3, -0.25) is 24.6 Å². The fraction of sp³-hybridized carbons (Fsp3) is 0.500. The van der Waals surface area contributed by atoms with E-state index in [9.17, 15) is 14.4 Å². The molecule has 0 bridgehead atoms. The van der Waals surface area contributed by atoms with E-state index in [2.05, 4.69) is 5.32 Å². The van der Waals surface area contributed by atoms with Gasteiger partial charge in [0.1, 0.15) is 5.54 Å². The van der Waals surface area contributed by atoms with Gasteiger partial charge in [0, 0.05) is 13.1 Å². The molecule has 2 heterocycles. The zero-order valence-electron chi connectivity index (χ0n) is 14.3. The molecule has 0 aromatic heterocycles. The van der Waals surface area contributed by atoms with Crippen molar-refractivity contribution in [2.45, 2.75) is 32.4 Å². The molecular weight excluding hydrogens is 308 g/mol. The van der Waals surface area contributed by atoms with Crippen molar-refractivity contribution in [2.75, 3.05) is 13.7 Å². The highest BCUT2D eigenvalue weighted by Gasteiger charge is 2.66. The minimum absolute atomic E-state index is 0.223. The third-order valence-electron chi connectivity index (χ3n) is 5.23. The number of imide groups is 1. The van der Waals surface area contributed by atoms with Crippen molar-refractivity contribution in [1.29, 1.82) is 0 Å². The first-order valence-electron chi connectivity index (χ1n) is 8.14. The molecule has 6 nitrogen and oxygen atoms in total. The summed E-state index contributed by atoms with van der Waals surface area (Å²) in [5, 5.41) is 3.25. The number of ether oxygens (including phenoxy) is 1. The van der Waals surface area contributed by atoms with Gasteiger partial charge in [0.2, 0.25) is 11.8 Å². The summed E-state index contributed by atoms with van der Waals surface area (Å²) in [6.45, 7) is 5.56. The van der Waals surface area contributed by atoms with Crippen molar-refractivity contribution < 1.29 is 19.1 Å². The predicted octanol–water partition coefficient (Wildman–Crippen LogP) is 1.19. The van der Waals surface area contributed by atoms with Crippen molar-refractivity contribution in [3.8, 4) is 0 Å². The van der Waals surface area contributed by atoms with Gasteiger partial charge in [-0.1, -0.05) is 24.3 Å². The Morgan fingerprint density at radius 2 is 1.96 bits per heavy atom. The average Bonchev–Trinajstić information content (AvgIpc) is 2.98. The number of carbonyl (C=O) groups is 3. The number of likely N-dealkylation sites (tertiary alicyclic amines) is 1. The van der Waals surface area contributed by atoms with Gasteiger partial charge in [0.25, 0.3) is 0 Å². The third kappa shape index (κ3) is 2.17. The maximum atomic E-state index is 12.7. The van der Waals surface area contributed by atoms with E-state index in [4.69, 9.17) is 4.74 Å². The quantitative estimate of drug-likeness (QED) is 0.665. The van der Waals surface area contributed by atoms with Gasteiger partial charge in [-0.25, -0.2) is 0 Å². The van der Waals surface area contributed by atoms with Crippen molar-refractivity contribution in [2.24, 2.45) is 11.8 Å². The molecule has 2 aliphatic rings. The number of benzene rings is 1. The number of nitrogens with zero attached hydrogens (tertiary/aromatic N) is 1. The Bertz CT molecular complexity index is 717. The minimum Gasteiger partial charge on any atom is -0.465 e. The monoisotopic (exact) mass is 330 g/mol. The second-order valence-electron chi connectivity index (χ2n) is 6.64. The van der Waals surface area contributed by atoms with Crippen LogP contribution in [0.5, 0.6) is 0 Å². The van der Waals surface area contributed by atoms with E-state index in [0.717, 1.165) is 16.0 Å². The Hall–Kier alpha value is -2.21. The maximum Gasteiger partial charge on any atom is 0.326 e. The largest absolute Gasteiger partial charge is 0.465 e. The molecule has 3 rings (SSSR count). The van der Waals surface area contributed by atoms with E-state index in [1.54, 1.807) is 13.8 Å². The van der Waals surface area contributed by atoms with Gasteiger partial charge in [0.15, 0.2) is 0 Å². The number of aryl methyl sites for hydroxylation is 1. The highest BCUT2D eigenvalue weighted by atomic mass is 16.5. The first-order valence-corrected chi connectivity index (χ1v) is 8.14. The van der Waals surface area contributed by atoms with Crippen LogP contribution in [-0.4, -0.2) is 41.9 Å². The van der Waals surface area contributed by atoms with Crippen LogP contribution < -0.4 is 5.32 Å². The molecule has 128 valence electrons. The molecule has 1 N–H and O–H groups in total. The standard InChI is InChI=1S/C18H22N2O4/c1-5-24-17(23)18(3)13-12(15(21)20(4)16(13)22)14(19-18)11-9-7-6-8-10(11)2/h6-9,12-14,19H,5H2,1-4H3/t12-,13+,14-,18-/m0/s1. The maximum absolute atomic E-state index is 12.7. The fourth-order valence-corrected chi connectivity index (χ4v) is 3.95. The summed E-state index contributed by atoms with van der Waals surface area (Å²) >= 11 is 0. The van der Waals surface area contributed by atoms with Crippen LogP contribution in [0.2, 0.25) is 0 Å². The second-order valence-corrected chi connectivity index (χ2v) is 6.64. The summed E-state index contributed by atoms with van der Waals surface area (Å²) < 4.78 is 5.19. The number of esters is 1. The Morgan fingerprint density at radius 3 is 2.58 bits per heavy atom. The highest BCUT2D eigenvalue weighted by Crippen LogP contribution is 2.49. The summed E-state index contributed by atoms with van der Waals surface area (Å²) in [4.78, 5) is 39.0. The summed E-state index contributed by atoms with van der Waals surface area (Å²) in [7, 11) is 1.48. The molecule has 4 atom stereocenters. The third-order valence-corrected chi connectivity index (χ3v) is 5.23. The minimum atomic E-state index is -1.22. The van der Waals surface area contributed by atoms with Gasteiger partial charge in [-0.2, -0.15) is 0 Å². The van der Waals surface area contributed by atoms with Gasteiger partial charge in [0.05, 0.1) is 18.4 Å². The van der Waals surface area contributed by atoms with Crippen LogP contribution in [-0.2, 0) is 19.1 Å². The lowest BCUT2D eigenvalue weighted by molar-refractivity contribution is -0.155. The molecule has 0 aliphatic carbocycles. The van der Waals surface area contributed by atoms with Crippen LogP contribution in [0.4, 0.5) is 0 Å². The number of fused-ring (bicyclic) bond motifs is 1. The lowest BCUT2D eigenvalue weighted by Crippen LogP contribution is -2.53. The summed E-state index contributed by atoms with van der Waals surface area (Å²) in [5.41, 5.74) is 0.721. The molecular formula is C18H22N2O4. The van der Waals surface area contributed by atoms with E-state index >= 15 is 0 Å². The Labute approximate surface area is 141 Å². The summed E-state index contributed by atoms with van der Waals surface area (Å²) in [6.07, 6.45) is 0. The van der Waals surface area contributed by atoms with Crippen LogP contribution >= 0.6 is 0 Å². The molecule has 6 heteroatoms. The number of hydrogen-bond acceptors (Lipinski definition) is 5. The zero-order valence-corrected chi connectivity index (χ0v) is 14.3. The van der Waals surface area contributed by atoms with E-state index in [0.29, 0.717) is 0 Å². The van der Waals surface area contributed by atoms with Gasteiger partial charge in [-0.05, 0) is 31.9 Å². The molecule has 0 spiro atoms. The Balaban J connectivity index is 2.10. The fourth-order valence-electron chi connectivity index (χ4n) is 3.95. The molecule has 0 radical (unpaired) electrons. The number of amides is 2. The van der Waals surface area contributed by atoms with Gasteiger partial charge < -0.3 is 4.74 Å². The lowest BCUT2D eigenvalue weighted by Gasteiger charge is -2.28. The highest BCUT2D eigenvalue weighted by molar-refractivity contribution is 6.09. The topological polar surface area (TPSA) is 75.7 Å². The Morgan fingerprint density at radius 1 is 1.29 bits per heavy atom. The summed E-state index contributed by atoms with van der Waals surface area (Å²) in [6, 6.07) is 7.30.